The van der Waals surface area contributed by atoms with Crippen LogP contribution in [0.1, 0.15) is 13.8 Å². The summed E-state index contributed by atoms with van der Waals surface area (Å²) in [6.07, 6.45) is -0.481. The predicted octanol–water partition coefficient (Wildman–Crippen LogP) is 0.986. The molecule has 0 aromatic rings. The van der Waals surface area contributed by atoms with E-state index in [0.717, 1.165) is 0 Å². The molecule has 1 saturated heterocycles. The Kier molecular flexibility index (Phi) is 5.48. The maximum atomic E-state index is 11.3. The van der Waals surface area contributed by atoms with E-state index in [0.29, 0.717) is 43.9 Å². The molecular weight excluding hydrogens is 228 g/mol. The Bertz CT molecular complexity index is 252. The largest absolute Gasteiger partial charge is 0.449 e. The van der Waals surface area contributed by atoms with E-state index in [-0.39, 0.29) is 0 Å². The van der Waals surface area contributed by atoms with Gasteiger partial charge in [0.2, 0.25) is 0 Å². The van der Waals surface area contributed by atoms with Crippen LogP contribution in [0.4, 0.5) is 4.79 Å². The van der Waals surface area contributed by atoms with Gasteiger partial charge in [0.25, 0.3) is 0 Å². The molecule has 5 nitrogen and oxygen atoms in total. The summed E-state index contributed by atoms with van der Waals surface area (Å²) in [4.78, 5) is 13.2. The number of thiocarbonyl (C=S) groups is 1. The summed E-state index contributed by atoms with van der Waals surface area (Å²) < 4.78 is 10.2. The van der Waals surface area contributed by atoms with E-state index in [1.54, 1.807) is 0 Å². The number of morpholine rings is 1. The van der Waals surface area contributed by atoms with Crippen LogP contribution in [0.5, 0.6) is 0 Å². The zero-order valence-electron chi connectivity index (χ0n) is 9.69. The number of carbonyl (C=O) groups excluding carboxylic acids is 1. The molecule has 1 aliphatic heterocycles. The van der Waals surface area contributed by atoms with Crippen molar-refractivity contribution in [2.45, 2.75) is 13.8 Å². The van der Waals surface area contributed by atoms with Gasteiger partial charge in [0.05, 0.1) is 19.8 Å². The van der Waals surface area contributed by atoms with Gasteiger partial charge in [-0.1, -0.05) is 13.8 Å². The maximum absolute atomic E-state index is 11.3. The highest BCUT2D eigenvalue weighted by atomic mass is 32.1. The topological polar surface area (TPSA) is 50.8 Å². The number of alkyl carbamates (subject to hydrolysis) is 1. The summed E-state index contributed by atoms with van der Waals surface area (Å²) >= 11 is 5.09. The molecule has 1 heterocycles. The molecule has 1 N–H and O–H groups in total. The third-order valence-corrected chi connectivity index (χ3v) is 2.42. The van der Waals surface area contributed by atoms with Crippen molar-refractivity contribution in [3.8, 4) is 0 Å². The number of amides is 1. The Morgan fingerprint density at radius 2 is 2.12 bits per heavy atom. The summed E-state index contributed by atoms with van der Waals surface area (Å²) in [5, 5.41) is 2.96. The van der Waals surface area contributed by atoms with Gasteiger partial charge >= 0.3 is 6.09 Å². The molecule has 0 radical (unpaired) electrons. The van der Waals surface area contributed by atoms with Crippen LogP contribution in [0.25, 0.3) is 0 Å². The summed E-state index contributed by atoms with van der Waals surface area (Å²) in [5.74, 6) is 0.322. The Labute approximate surface area is 101 Å². The van der Waals surface area contributed by atoms with Gasteiger partial charge in [-0.05, 0) is 18.1 Å². The summed E-state index contributed by atoms with van der Waals surface area (Å²) in [6.45, 7) is 7.07. The lowest BCUT2D eigenvalue weighted by Crippen LogP contribution is -2.48. The maximum Gasteiger partial charge on any atom is 0.413 e. The first kappa shape index (κ1) is 13.2. The molecule has 6 heteroatoms. The minimum Gasteiger partial charge on any atom is -0.449 e. The van der Waals surface area contributed by atoms with Gasteiger partial charge in [0, 0.05) is 13.1 Å². The van der Waals surface area contributed by atoms with Crippen LogP contribution in [0.2, 0.25) is 0 Å². The van der Waals surface area contributed by atoms with Crippen molar-refractivity contribution < 1.29 is 14.3 Å². The van der Waals surface area contributed by atoms with Gasteiger partial charge in [-0.3, -0.25) is 5.32 Å². The SMILES string of the molecule is CC(C)COC(=O)NC(=S)N1CCOCC1. The van der Waals surface area contributed by atoms with Crippen LogP contribution >= 0.6 is 12.2 Å². The minimum atomic E-state index is -0.481. The number of rotatable bonds is 2. The molecule has 0 spiro atoms. The third kappa shape index (κ3) is 4.76. The highest BCUT2D eigenvalue weighted by Gasteiger charge is 2.16. The van der Waals surface area contributed by atoms with Crippen LogP contribution in [-0.4, -0.2) is 49.0 Å². The second-order valence-electron chi connectivity index (χ2n) is 4.02. The van der Waals surface area contributed by atoms with Gasteiger partial charge in [0.1, 0.15) is 0 Å². The number of hydrogen-bond acceptors (Lipinski definition) is 4. The lowest BCUT2D eigenvalue weighted by atomic mass is 10.2. The van der Waals surface area contributed by atoms with Crippen molar-refractivity contribution in [2.75, 3.05) is 32.9 Å². The molecule has 0 bridgehead atoms. The number of nitrogens with zero attached hydrogens (tertiary/aromatic N) is 1. The highest BCUT2D eigenvalue weighted by molar-refractivity contribution is 7.80. The molecule has 0 aromatic heterocycles. The van der Waals surface area contributed by atoms with Crippen LogP contribution < -0.4 is 5.32 Å². The molecule has 1 aliphatic rings. The fraction of sp³-hybridized carbons (Fsp3) is 0.800. The molecule has 0 saturated carbocycles. The molecule has 16 heavy (non-hydrogen) atoms. The van der Waals surface area contributed by atoms with Crippen molar-refractivity contribution in [3.05, 3.63) is 0 Å². The van der Waals surface area contributed by atoms with E-state index in [1.807, 2.05) is 18.7 Å². The van der Waals surface area contributed by atoms with E-state index in [2.05, 4.69) is 5.32 Å². The summed E-state index contributed by atoms with van der Waals surface area (Å²) in [7, 11) is 0. The molecule has 1 fully saturated rings. The molecule has 0 unspecified atom stereocenters. The van der Waals surface area contributed by atoms with Gasteiger partial charge in [-0.15, -0.1) is 0 Å². The van der Waals surface area contributed by atoms with E-state index >= 15 is 0 Å². The lowest BCUT2D eigenvalue weighted by molar-refractivity contribution is 0.0671. The van der Waals surface area contributed by atoms with E-state index in [1.165, 1.54) is 0 Å². The number of hydrogen-bond donors (Lipinski definition) is 1. The Morgan fingerprint density at radius 3 is 2.69 bits per heavy atom. The number of nitrogens with one attached hydrogen (secondary N) is 1. The van der Waals surface area contributed by atoms with Gasteiger partial charge < -0.3 is 14.4 Å². The zero-order chi connectivity index (χ0) is 12.0. The highest BCUT2D eigenvalue weighted by Crippen LogP contribution is 1.98. The van der Waals surface area contributed by atoms with Crippen molar-refractivity contribution in [1.82, 2.24) is 10.2 Å². The zero-order valence-corrected chi connectivity index (χ0v) is 10.5. The first-order chi connectivity index (χ1) is 7.59. The minimum absolute atomic E-state index is 0.322. The molecule has 0 aliphatic carbocycles. The lowest BCUT2D eigenvalue weighted by Gasteiger charge is -2.28. The second kappa shape index (κ2) is 6.65. The average Bonchev–Trinajstić information content (AvgIpc) is 2.27. The van der Waals surface area contributed by atoms with Gasteiger partial charge in [-0.2, -0.15) is 0 Å². The van der Waals surface area contributed by atoms with Gasteiger partial charge in [-0.25, -0.2) is 4.79 Å². The van der Waals surface area contributed by atoms with Crippen LogP contribution in [-0.2, 0) is 9.47 Å². The molecular formula is C10H18N2O3S. The smallest absolute Gasteiger partial charge is 0.413 e. The van der Waals surface area contributed by atoms with Crippen molar-refractivity contribution in [3.63, 3.8) is 0 Å². The van der Waals surface area contributed by atoms with Crippen molar-refractivity contribution in [1.29, 1.82) is 0 Å². The van der Waals surface area contributed by atoms with Crippen LogP contribution in [0, 0.1) is 5.92 Å². The van der Waals surface area contributed by atoms with E-state index in [4.69, 9.17) is 21.7 Å². The number of ether oxygens (including phenoxy) is 2. The number of carbonyl (C=O) groups is 1. The van der Waals surface area contributed by atoms with Crippen molar-refractivity contribution in [2.24, 2.45) is 5.92 Å². The third-order valence-electron chi connectivity index (χ3n) is 2.06. The van der Waals surface area contributed by atoms with Gasteiger partial charge in [0.15, 0.2) is 5.11 Å². The summed E-state index contributed by atoms with van der Waals surface area (Å²) in [6, 6.07) is 0. The molecule has 1 amide bonds. The van der Waals surface area contributed by atoms with E-state index in [9.17, 15) is 4.79 Å². The molecule has 0 atom stereocenters. The fourth-order valence-corrected chi connectivity index (χ4v) is 1.48. The van der Waals surface area contributed by atoms with Crippen molar-refractivity contribution >= 4 is 23.4 Å². The quantitative estimate of drug-likeness (QED) is 0.736. The second-order valence-corrected chi connectivity index (χ2v) is 4.41. The summed E-state index contributed by atoms with van der Waals surface area (Å²) in [5.41, 5.74) is 0. The fourth-order valence-electron chi connectivity index (χ4n) is 1.21. The Balaban J connectivity index is 2.24. The molecule has 1 rings (SSSR count). The Morgan fingerprint density at radius 1 is 1.50 bits per heavy atom. The standard InChI is InChI=1S/C10H18N2O3S/c1-8(2)7-15-10(13)11-9(16)12-3-5-14-6-4-12/h8H,3-7H2,1-2H3,(H,11,13,16). The van der Waals surface area contributed by atoms with Crippen LogP contribution in [0.15, 0.2) is 0 Å². The first-order valence-corrected chi connectivity index (χ1v) is 5.81. The first-order valence-electron chi connectivity index (χ1n) is 5.40. The monoisotopic (exact) mass is 246 g/mol. The van der Waals surface area contributed by atoms with E-state index < -0.39 is 6.09 Å². The Hall–Kier alpha value is -0.880. The molecule has 0 aromatic carbocycles. The van der Waals surface area contributed by atoms with Crippen LogP contribution in [0.3, 0.4) is 0 Å². The predicted molar refractivity (Wildman–Crippen MR) is 64.3 cm³/mol. The average molecular weight is 246 g/mol. The molecule has 92 valence electrons. The normalized spacial score (nSPS) is 16.1.